The molecule has 0 radical (unpaired) electrons. The van der Waals surface area contributed by atoms with Gasteiger partial charge in [0, 0.05) is 10.9 Å². The molecule has 3 nitrogen and oxygen atoms in total. The smallest absolute Gasteiger partial charge is 0.329 e. The molecule has 0 saturated heterocycles. The molecule has 0 aliphatic carbocycles. The van der Waals surface area contributed by atoms with Crippen LogP contribution in [0.5, 0.6) is 0 Å². The van der Waals surface area contributed by atoms with Crippen molar-refractivity contribution in [3.8, 4) is 0 Å². The monoisotopic (exact) mass is 211 g/mol. The molecule has 2 heterocycles. The number of fused-ring (bicyclic) bond motifs is 1. The van der Waals surface area contributed by atoms with E-state index in [-0.39, 0.29) is 6.04 Å². The summed E-state index contributed by atoms with van der Waals surface area (Å²) in [5.74, 6) is -0.798. The maximum Gasteiger partial charge on any atom is 0.329 e. The van der Waals surface area contributed by atoms with Gasteiger partial charge < -0.3 is 5.11 Å². The summed E-state index contributed by atoms with van der Waals surface area (Å²) in [7, 11) is 0. The van der Waals surface area contributed by atoms with Crippen LogP contribution in [0.15, 0.2) is 11.4 Å². The molecule has 0 saturated carbocycles. The quantitative estimate of drug-likeness (QED) is 0.741. The van der Waals surface area contributed by atoms with Crippen LogP contribution >= 0.6 is 11.3 Å². The van der Waals surface area contributed by atoms with Crippen LogP contribution in [0.2, 0.25) is 0 Å². The SMILES string of the molecule is C[C@H]1Cc2ccsc2[C@](C)(C(=O)O)N1. The first kappa shape index (κ1) is 9.68. The standard InChI is InChI=1S/C10H13NO2S/c1-6-5-7-3-4-14-8(7)10(2,11-6)9(12)13/h3-4,6,11H,5H2,1-2H3,(H,12,13)/t6-,10+/m0/s1. The summed E-state index contributed by atoms with van der Waals surface area (Å²) in [5, 5.41) is 14.3. The number of nitrogens with one attached hydrogen (secondary N) is 1. The highest BCUT2D eigenvalue weighted by Gasteiger charge is 2.42. The van der Waals surface area contributed by atoms with E-state index in [4.69, 9.17) is 0 Å². The number of carbonyl (C=O) groups is 1. The minimum Gasteiger partial charge on any atom is -0.480 e. The van der Waals surface area contributed by atoms with Crippen molar-refractivity contribution >= 4 is 17.3 Å². The van der Waals surface area contributed by atoms with E-state index in [0.29, 0.717) is 0 Å². The first-order valence-corrected chi connectivity index (χ1v) is 5.50. The second-order valence-electron chi connectivity index (χ2n) is 3.95. The Hall–Kier alpha value is -0.870. The molecule has 0 fully saturated rings. The molecule has 1 aliphatic heterocycles. The summed E-state index contributed by atoms with van der Waals surface area (Å²) in [4.78, 5) is 12.2. The Morgan fingerprint density at radius 1 is 1.79 bits per heavy atom. The van der Waals surface area contributed by atoms with Gasteiger partial charge in [0.25, 0.3) is 0 Å². The first-order chi connectivity index (χ1) is 6.54. The fourth-order valence-corrected chi connectivity index (χ4v) is 3.09. The molecule has 0 amide bonds. The van der Waals surface area contributed by atoms with Crippen LogP contribution in [0.25, 0.3) is 0 Å². The van der Waals surface area contributed by atoms with E-state index in [2.05, 4.69) is 5.32 Å². The van der Waals surface area contributed by atoms with Gasteiger partial charge in [0.1, 0.15) is 5.54 Å². The van der Waals surface area contributed by atoms with Gasteiger partial charge in [-0.3, -0.25) is 5.32 Å². The lowest BCUT2D eigenvalue weighted by Gasteiger charge is -2.34. The van der Waals surface area contributed by atoms with E-state index in [1.807, 2.05) is 18.4 Å². The van der Waals surface area contributed by atoms with Gasteiger partial charge in [-0.1, -0.05) is 0 Å². The second kappa shape index (κ2) is 3.07. The van der Waals surface area contributed by atoms with Crippen molar-refractivity contribution in [1.29, 1.82) is 0 Å². The van der Waals surface area contributed by atoms with Gasteiger partial charge in [-0.15, -0.1) is 11.3 Å². The van der Waals surface area contributed by atoms with Gasteiger partial charge >= 0.3 is 5.97 Å². The van der Waals surface area contributed by atoms with Crippen LogP contribution in [-0.2, 0) is 16.8 Å². The summed E-state index contributed by atoms with van der Waals surface area (Å²) >= 11 is 1.52. The maximum atomic E-state index is 11.2. The van der Waals surface area contributed by atoms with E-state index >= 15 is 0 Å². The predicted molar refractivity (Wildman–Crippen MR) is 55.6 cm³/mol. The number of thiophene rings is 1. The molecule has 0 aromatic carbocycles. The van der Waals surface area contributed by atoms with Crippen molar-refractivity contribution in [2.75, 3.05) is 0 Å². The molecule has 76 valence electrons. The fraction of sp³-hybridized carbons (Fsp3) is 0.500. The van der Waals surface area contributed by atoms with E-state index in [9.17, 15) is 9.90 Å². The van der Waals surface area contributed by atoms with Crippen molar-refractivity contribution in [2.45, 2.75) is 31.8 Å². The molecule has 0 unspecified atom stereocenters. The third-order valence-electron chi connectivity index (χ3n) is 2.69. The third kappa shape index (κ3) is 1.26. The fourth-order valence-electron chi connectivity index (χ4n) is 2.03. The molecule has 2 rings (SSSR count). The molecule has 1 aromatic rings. The zero-order valence-corrected chi connectivity index (χ0v) is 9.02. The van der Waals surface area contributed by atoms with Gasteiger partial charge in [-0.05, 0) is 37.3 Å². The molecule has 2 atom stereocenters. The van der Waals surface area contributed by atoms with Gasteiger partial charge in [-0.25, -0.2) is 4.79 Å². The van der Waals surface area contributed by atoms with Crippen LogP contribution in [0, 0.1) is 0 Å². The average molecular weight is 211 g/mol. The number of aliphatic carboxylic acids is 1. The Morgan fingerprint density at radius 3 is 3.14 bits per heavy atom. The normalized spacial score (nSPS) is 31.1. The lowest BCUT2D eigenvalue weighted by atomic mass is 9.88. The molecule has 1 aliphatic rings. The Bertz CT molecular complexity index is 374. The van der Waals surface area contributed by atoms with Crippen LogP contribution in [-0.4, -0.2) is 17.1 Å². The molecule has 4 heteroatoms. The summed E-state index contributed by atoms with van der Waals surface area (Å²) < 4.78 is 0. The summed E-state index contributed by atoms with van der Waals surface area (Å²) in [6.45, 7) is 3.75. The van der Waals surface area contributed by atoms with Crippen molar-refractivity contribution in [3.63, 3.8) is 0 Å². The number of carboxylic acid groups (broad SMARTS) is 1. The minimum atomic E-state index is -0.902. The molecule has 0 bridgehead atoms. The average Bonchev–Trinajstić information content (AvgIpc) is 2.51. The molecule has 2 N–H and O–H groups in total. The predicted octanol–water partition coefficient (Wildman–Crippen LogP) is 1.58. The lowest BCUT2D eigenvalue weighted by Crippen LogP contribution is -2.53. The highest BCUT2D eigenvalue weighted by atomic mass is 32.1. The van der Waals surface area contributed by atoms with Crippen LogP contribution in [0.1, 0.15) is 24.3 Å². The summed E-state index contributed by atoms with van der Waals surface area (Å²) in [5.41, 5.74) is 0.271. The van der Waals surface area contributed by atoms with Gasteiger partial charge in [0.2, 0.25) is 0 Å². The van der Waals surface area contributed by atoms with Crippen LogP contribution < -0.4 is 5.32 Å². The lowest BCUT2D eigenvalue weighted by molar-refractivity contribution is -0.145. The first-order valence-electron chi connectivity index (χ1n) is 4.62. The Balaban J connectivity index is 2.51. The van der Waals surface area contributed by atoms with Crippen LogP contribution in [0.3, 0.4) is 0 Å². The Labute approximate surface area is 86.8 Å². The molecule has 0 spiro atoms. The van der Waals surface area contributed by atoms with Gasteiger partial charge in [0.05, 0.1) is 0 Å². The number of hydrogen-bond donors (Lipinski definition) is 2. The number of carboxylic acids is 1. The molecule has 1 aromatic heterocycles. The van der Waals surface area contributed by atoms with Crippen molar-refractivity contribution in [3.05, 3.63) is 21.9 Å². The highest BCUT2D eigenvalue weighted by molar-refractivity contribution is 7.10. The minimum absolute atomic E-state index is 0.221. The largest absolute Gasteiger partial charge is 0.480 e. The maximum absolute atomic E-state index is 11.2. The van der Waals surface area contributed by atoms with E-state index in [0.717, 1.165) is 11.3 Å². The topological polar surface area (TPSA) is 49.3 Å². The molecular weight excluding hydrogens is 198 g/mol. The Morgan fingerprint density at radius 2 is 2.50 bits per heavy atom. The second-order valence-corrected chi connectivity index (χ2v) is 4.87. The molecule has 14 heavy (non-hydrogen) atoms. The summed E-state index contributed by atoms with van der Waals surface area (Å²) in [6.07, 6.45) is 0.918. The highest BCUT2D eigenvalue weighted by Crippen LogP contribution is 2.34. The van der Waals surface area contributed by atoms with E-state index < -0.39 is 11.5 Å². The summed E-state index contributed by atoms with van der Waals surface area (Å²) in [6, 6.07) is 2.25. The van der Waals surface area contributed by atoms with Crippen LogP contribution in [0.4, 0.5) is 0 Å². The number of hydrogen-bond acceptors (Lipinski definition) is 3. The molecular formula is C10H13NO2S. The third-order valence-corrected chi connectivity index (χ3v) is 3.87. The number of rotatable bonds is 1. The van der Waals surface area contributed by atoms with Gasteiger partial charge in [0.15, 0.2) is 0 Å². The zero-order valence-electron chi connectivity index (χ0n) is 8.20. The van der Waals surface area contributed by atoms with Crippen molar-refractivity contribution in [2.24, 2.45) is 0 Å². The zero-order chi connectivity index (χ0) is 10.3. The van der Waals surface area contributed by atoms with E-state index in [1.165, 1.54) is 16.9 Å². The Kier molecular flexibility index (Phi) is 2.12. The van der Waals surface area contributed by atoms with E-state index in [1.54, 1.807) is 6.92 Å². The van der Waals surface area contributed by atoms with Gasteiger partial charge in [-0.2, -0.15) is 0 Å². The van der Waals surface area contributed by atoms with Crippen molar-refractivity contribution in [1.82, 2.24) is 5.32 Å². The van der Waals surface area contributed by atoms with Crippen molar-refractivity contribution < 1.29 is 9.90 Å².